The van der Waals surface area contributed by atoms with Crippen molar-refractivity contribution < 1.29 is 24.1 Å². The minimum absolute atomic E-state index is 0.0743. The maximum atomic E-state index is 13.3. The lowest BCUT2D eigenvalue weighted by molar-refractivity contribution is -0.163. The molecule has 1 N–H and O–H groups in total. The minimum Gasteiger partial charge on any atom is -0.488 e. The van der Waals surface area contributed by atoms with Crippen LogP contribution in [0.4, 0.5) is 0 Å². The fourth-order valence-electron chi connectivity index (χ4n) is 4.83. The van der Waals surface area contributed by atoms with Gasteiger partial charge in [-0.05, 0) is 52.0 Å². The standard InChI is InChI=1S/C19H28O5/c1-10(2)23-15-16(20)19(22-6)12(5)13-8-7-9-14(13)18(19,21)17(15)24-11(3)4/h10-11,13-14,21H,5,7-9H2,1-4,6H3/t13-,14+,18+,19-/m0/s1. The van der Waals surface area contributed by atoms with Crippen LogP contribution in [0.3, 0.4) is 0 Å². The lowest BCUT2D eigenvalue weighted by atomic mass is 9.80. The molecule has 3 aliphatic carbocycles. The van der Waals surface area contributed by atoms with Gasteiger partial charge in [-0.1, -0.05) is 13.0 Å². The van der Waals surface area contributed by atoms with Gasteiger partial charge in [0.05, 0.1) is 12.2 Å². The molecule has 0 heterocycles. The van der Waals surface area contributed by atoms with Gasteiger partial charge in [0.1, 0.15) is 0 Å². The number of aliphatic hydroxyl groups is 1. The number of carbonyl (C=O) groups is 1. The summed E-state index contributed by atoms with van der Waals surface area (Å²) in [5.41, 5.74) is -2.37. The van der Waals surface area contributed by atoms with Crippen molar-refractivity contribution in [2.24, 2.45) is 11.8 Å². The van der Waals surface area contributed by atoms with E-state index in [4.69, 9.17) is 14.2 Å². The number of fused-ring (bicyclic) bond motifs is 3. The summed E-state index contributed by atoms with van der Waals surface area (Å²) in [6.45, 7) is 11.6. The summed E-state index contributed by atoms with van der Waals surface area (Å²) in [6.07, 6.45) is 2.33. The van der Waals surface area contributed by atoms with E-state index in [0.717, 1.165) is 19.3 Å². The fraction of sp³-hybridized carbons (Fsp3) is 0.737. The van der Waals surface area contributed by atoms with Crippen molar-refractivity contribution in [3.63, 3.8) is 0 Å². The highest BCUT2D eigenvalue weighted by molar-refractivity contribution is 6.09. The molecule has 5 heteroatoms. The van der Waals surface area contributed by atoms with Gasteiger partial charge in [0, 0.05) is 13.0 Å². The largest absolute Gasteiger partial charge is 0.488 e. The van der Waals surface area contributed by atoms with E-state index in [1.165, 1.54) is 7.11 Å². The van der Waals surface area contributed by atoms with E-state index in [1.807, 2.05) is 27.7 Å². The number of Topliss-reactive ketones (excluding diaryl/α,β-unsaturated/α-hetero) is 1. The van der Waals surface area contributed by atoms with Crippen LogP contribution in [-0.4, -0.2) is 41.4 Å². The maximum Gasteiger partial charge on any atom is 0.240 e. The summed E-state index contributed by atoms with van der Waals surface area (Å²) in [5.74, 6) is -0.0967. The Labute approximate surface area is 143 Å². The van der Waals surface area contributed by atoms with Crippen LogP contribution < -0.4 is 0 Å². The van der Waals surface area contributed by atoms with Crippen molar-refractivity contribution in [1.29, 1.82) is 0 Å². The summed E-state index contributed by atoms with van der Waals surface area (Å²) in [5, 5.41) is 11.8. The van der Waals surface area contributed by atoms with Crippen LogP contribution in [0.15, 0.2) is 23.7 Å². The molecule has 0 unspecified atom stereocenters. The van der Waals surface area contributed by atoms with E-state index in [9.17, 15) is 9.90 Å². The van der Waals surface area contributed by atoms with Gasteiger partial charge >= 0.3 is 0 Å². The maximum absolute atomic E-state index is 13.3. The number of hydrogen-bond donors (Lipinski definition) is 1. The lowest BCUT2D eigenvalue weighted by Crippen LogP contribution is -2.57. The van der Waals surface area contributed by atoms with Crippen LogP contribution in [0, 0.1) is 11.8 Å². The second-order valence-corrected chi connectivity index (χ2v) is 7.64. The Hall–Kier alpha value is -1.33. The van der Waals surface area contributed by atoms with Crippen LogP contribution in [0.5, 0.6) is 0 Å². The first-order valence-electron chi connectivity index (χ1n) is 8.81. The Kier molecular flexibility index (Phi) is 4.08. The van der Waals surface area contributed by atoms with E-state index < -0.39 is 11.2 Å². The van der Waals surface area contributed by atoms with E-state index in [-0.39, 0.29) is 41.3 Å². The Bertz CT molecular complexity index is 605. The van der Waals surface area contributed by atoms with E-state index >= 15 is 0 Å². The van der Waals surface area contributed by atoms with Gasteiger partial charge in [-0.2, -0.15) is 0 Å². The Morgan fingerprint density at radius 1 is 1.17 bits per heavy atom. The van der Waals surface area contributed by atoms with Gasteiger partial charge in [0.2, 0.25) is 11.5 Å². The highest BCUT2D eigenvalue weighted by Gasteiger charge is 2.78. The topological polar surface area (TPSA) is 65.0 Å². The quantitative estimate of drug-likeness (QED) is 0.782. The van der Waals surface area contributed by atoms with Gasteiger partial charge in [-0.3, -0.25) is 4.79 Å². The average Bonchev–Trinajstić information content (AvgIpc) is 3.09. The normalized spacial score (nSPS) is 38.3. The molecule has 0 amide bonds. The first-order chi connectivity index (χ1) is 11.2. The summed E-state index contributed by atoms with van der Waals surface area (Å²) in [6, 6.07) is 0. The van der Waals surface area contributed by atoms with Crippen molar-refractivity contribution in [2.45, 2.75) is 70.4 Å². The first-order valence-corrected chi connectivity index (χ1v) is 8.81. The predicted octanol–water partition coefficient (Wildman–Crippen LogP) is 2.73. The molecule has 0 bridgehead atoms. The van der Waals surface area contributed by atoms with Crippen molar-refractivity contribution in [3.8, 4) is 0 Å². The van der Waals surface area contributed by atoms with Crippen molar-refractivity contribution >= 4 is 5.78 Å². The molecule has 0 spiro atoms. The molecule has 0 aromatic rings. The van der Waals surface area contributed by atoms with Crippen LogP contribution >= 0.6 is 0 Å². The summed E-state index contributed by atoms with van der Waals surface area (Å²) in [4.78, 5) is 13.3. The van der Waals surface area contributed by atoms with Crippen molar-refractivity contribution in [3.05, 3.63) is 23.7 Å². The summed E-state index contributed by atoms with van der Waals surface area (Å²) < 4.78 is 17.5. The van der Waals surface area contributed by atoms with Crippen LogP contribution in [0.2, 0.25) is 0 Å². The second kappa shape index (κ2) is 5.60. The molecule has 0 aromatic heterocycles. The van der Waals surface area contributed by atoms with Crippen molar-refractivity contribution in [2.75, 3.05) is 7.11 Å². The molecule has 0 saturated heterocycles. The van der Waals surface area contributed by atoms with Crippen LogP contribution in [0.1, 0.15) is 47.0 Å². The molecule has 4 atom stereocenters. The lowest BCUT2D eigenvalue weighted by Gasteiger charge is -2.38. The van der Waals surface area contributed by atoms with Gasteiger partial charge in [0.15, 0.2) is 17.0 Å². The van der Waals surface area contributed by atoms with Gasteiger partial charge in [-0.25, -0.2) is 0 Å². The minimum atomic E-state index is -1.54. The Morgan fingerprint density at radius 3 is 2.33 bits per heavy atom. The third-order valence-electron chi connectivity index (χ3n) is 5.58. The van der Waals surface area contributed by atoms with Crippen LogP contribution in [0.25, 0.3) is 0 Å². The molecule has 0 aromatic carbocycles. The number of rotatable bonds is 5. The fourth-order valence-corrected chi connectivity index (χ4v) is 4.83. The van der Waals surface area contributed by atoms with Gasteiger partial charge < -0.3 is 19.3 Å². The average molecular weight is 336 g/mol. The zero-order valence-corrected chi connectivity index (χ0v) is 15.2. The third kappa shape index (κ3) is 1.91. The molecule has 0 aliphatic heterocycles. The zero-order valence-electron chi connectivity index (χ0n) is 15.2. The van der Waals surface area contributed by atoms with Crippen LogP contribution in [-0.2, 0) is 19.0 Å². The molecule has 3 rings (SSSR count). The number of carbonyl (C=O) groups excluding carboxylic acids is 1. The highest BCUT2D eigenvalue weighted by atomic mass is 16.6. The molecule has 24 heavy (non-hydrogen) atoms. The summed E-state index contributed by atoms with van der Waals surface area (Å²) >= 11 is 0. The zero-order chi connectivity index (χ0) is 17.9. The molecular weight excluding hydrogens is 308 g/mol. The predicted molar refractivity (Wildman–Crippen MR) is 89.1 cm³/mol. The summed E-state index contributed by atoms with van der Waals surface area (Å²) in [7, 11) is 1.46. The molecule has 0 radical (unpaired) electrons. The van der Waals surface area contributed by atoms with E-state index in [2.05, 4.69) is 6.58 Å². The Balaban J connectivity index is 2.21. The third-order valence-corrected chi connectivity index (χ3v) is 5.58. The SMILES string of the molecule is C=C1[C@@H]2CCC[C@H]2[C@@]2(O)C(OC(C)C)=C(OC(C)C)C(=O)[C@@]12OC. The molecule has 2 saturated carbocycles. The number of ketones is 1. The molecule has 134 valence electrons. The first kappa shape index (κ1) is 17.5. The molecule has 5 nitrogen and oxygen atoms in total. The molecular formula is C19H28O5. The van der Waals surface area contributed by atoms with Gasteiger partial charge in [-0.15, -0.1) is 0 Å². The molecule has 2 fully saturated rings. The Morgan fingerprint density at radius 2 is 1.79 bits per heavy atom. The highest BCUT2D eigenvalue weighted by Crippen LogP contribution is 2.65. The number of methoxy groups -OCH3 is 1. The number of ether oxygens (including phenoxy) is 3. The number of hydrogen-bond acceptors (Lipinski definition) is 5. The van der Waals surface area contributed by atoms with E-state index in [1.54, 1.807) is 0 Å². The smallest absolute Gasteiger partial charge is 0.240 e. The van der Waals surface area contributed by atoms with Gasteiger partial charge in [0.25, 0.3) is 0 Å². The van der Waals surface area contributed by atoms with E-state index in [0.29, 0.717) is 5.57 Å². The van der Waals surface area contributed by atoms with Crippen molar-refractivity contribution in [1.82, 2.24) is 0 Å². The second-order valence-electron chi connectivity index (χ2n) is 7.64. The monoisotopic (exact) mass is 336 g/mol. The molecule has 3 aliphatic rings.